The van der Waals surface area contributed by atoms with E-state index in [1.165, 1.54) is 10.9 Å². The van der Waals surface area contributed by atoms with Gasteiger partial charge in [0.25, 0.3) is 0 Å². The molecule has 3 aromatic rings. The van der Waals surface area contributed by atoms with Gasteiger partial charge in [-0.3, -0.25) is 14.6 Å². The van der Waals surface area contributed by atoms with Gasteiger partial charge in [0.05, 0.1) is 18.0 Å². The van der Waals surface area contributed by atoms with Gasteiger partial charge >= 0.3 is 0 Å². The number of hydrogen-bond donors (Lipinski definition) is 2. The molecule has 2 aromatic heterocycles. The third-order valence-corrected chi connectivity index (χ3v) is 5.48. The van der Waals surface area contributed by atoms with E-state index in [1.54, 1.807) is 0 Å². The number of rotatable bonds is 5. The zero-order valence-corrected chi connectivity index (χ0v) is 16.0. The highest BCUT2D eigenvalue weighted by Gasteiger charge is 2.18. The molecule has 0 atom stereocenters. The highest BCUT2D eigenvalue weighted by molar-refractivity contribution is 7.92. The average Bonchev–Trinajstić information content (AvgIpc) is 3.05. The summed E-state index contributed by atoms with van der Waals surface area (Å²) in [4.78, 5) is 12.2. The second-order valence-corrected chi connectivity index (χ2v) is 8.67. The molecule has 1 aliphatic heterocycles. The Hall–Kier alpha value is -2.58. The standard InChI is InChI=1S/C19H23N5O2S/c1-27(25,26)22-16-2-4-17(5-3-16)24-10-8-23(9-11-24)14-15-12-21-19-13-20-7-6-18(15)19/h2-7,12-13,21-22H,8-11,14H2,1H3. The largest absolute Gasteiger partial charge is 0.369 e. The van der Waals surface area contributed by atoms with Crippen LogP contribution >= 0.6 is 0 Å². The molecule has 0 saturated carbocycles. The fraction of sp³-hybridized carbons (Fsp3) is 0.316. The van der Waals surface area contributed by atoms with Crippen LogP contribution in [0.25, 0.3) is 10.9 Å². The molecule has 1 saturated heterocycles. The third-order valence-electron chi connectivity index (χ3n) is 4.87. The van der Waals surface area contributed by atoms with Gasteiger partial charge in [-0.2, -0.15) is 0 Å². The van der Waals surface area contributed by atoms with Crippen LogP contribution in [0.2, 0.25) is 0 Å². The number of nitrogens with zero attached hydrogens (tertiary/aromatic N) is 3. The smallest absolute Gasteiger partial charge is 0.229 e. The topological polar surface area (TPSA) is 81.3 Å². The second kappa shape index (κ2) is 7.21. The molecule has 0 aliphatic carbocycles. The van der Waals surface area contributed by atoms with Crippen LogP contribution < -0.4 is 9.62 Å². The van der Waals surface area contributed by atoms with Crippen LogP contribution in [0, 0.1) is 0 Å². The van der Waals surface area contributed by atoms with Gasteiger partial charge in [0.15, 0.2) is 0 Å². The lowest BCUT2D eigenvalue weighted by Crippen LogP contribution is -2.45. The van der Waals surface area contributed by atoms with Crippen molar-refractivity contribution in [1.29, 1.82) is 0 Å². The molecule has 8 heteroatoms. The van der Waals surface area contributed by atoms with E-state index in [-0.39, 0.29) is 0 Å². The van der Waals surface area contributed by atoms with Gasteiger partial charge in [0, 0.05) is 61.9 Å². The van der Waals surface area contributed by atoms with Crippen LogP contribution in [0.3, 0.4) is 0 Å². The van der Waals surface area contributed by atoms with Crippen molar-refractivity contribution in [2.45, 2.75) is 6.54 Å². The van der Waals surface area contributed by atoms with E-state index in [0.29, 0.717) is 5.69 Å². The van der Waals surface area contributed by atoms with E-state index in [9.17, 15) is 8.42 Å². The molecule has 0 radical (unpaired) electrons. The number of fused-ring (bicyclic) bond motifs is 1. The molecule has 7 nitrogen and oxygen atoms in total. The highest BCUT2D eigenvalue weighted by Crippen LogP contribution is 2.22. The summed E-state index contributed by atoms with van der Waals surface area (Å²) in [6.45, 7) is 4.79. The number of hydrogen-bond acceptors (Lipinski definition) is 5. The minimum Gasteiger partial charge on any atom is -0.369 e. The van der Waals surface area contributed by atoms with E-state index in [1.807, 2.05) is 36.7 Å². The van der Waals surface area contributed by atoms with E-state index >= 15 is 0 Å². The SMILES string of the molecule is CS(=O)(=O)Nc1ccc(N2CCN(Cc3c[nH]c4cnccc34)CC2)cc1. The first-order valence-corrected chi connectivity index (χ1v) is 10.8. The maximum absolute atomic E-state index is 11.3. The summed E-state index contributed by atoms with van der Waals surface area (Å²) in [5.41, 5.74) is 4.09. The maximum atomic E-state index is 11.3. The predicted octanol–water partition coefficient (Wildman–Crippen LogP) is 2.26. The predicted molar refractivity (Wildman–Crippen MR) is 108 cm³/mol. The third kappa shape index (κ3) is 4.23. The zero-order valence-electron chi connectivity index (χ0n) is 15.2. The van der Waals surface area contributed by atoms with Crippen LogP contribution in [-0.2, 0) is 16.6 Å². The zero-order chi connectivity index (χ0) is 18.9. The molecular weight excluding hydrogens is 362 g/mol. The molecule has 0 bridgehead atoms. The van der Waals surface area contributed by atoms with Crippen molar-refractivity contribution in [2.24, 2.45) is 0 Å². The normalized spacial score (nSPS) is 16.0. The van der Waals surface area contributed by atoms with Crippen LogP contribution in [0.5, 0.6) is 0 Å². The first kappa shape index (κ1) is 17.8. The molecule has 1 aliphatic rings. The molecule has 2 N–H and O–H groups in total. The van der Waals surface area contributed by atoms with E-state index in [4.69, 9.17) is 0 Å². The van der Waals surface area contributed by atoms with Gasteiger partial charge in [-0.25, -0.2) is 8.42 Å². The van der Waals surface area contributed by atoms with Gasteiger partial charge < -0.3 is 9.88 Å². The van der Waals surface area contributed by atoms with Crippen molar-refractivity contribution in [3.8, 4) is 0 Å². The lowest BCUT2D eigenvalue weighted by molar-refractivity contribution is 0.250. The Balaban J connectivity index is 1.36. The number of benzene rings is 1. The van der Waals surface area contributed by atoms with Crippen LogP contribution in [0.1, 0.15) is 5.56 Å². The second-order valence-electron chi connectivity index (χ2n) is 6.92. The molecule has 0 amide bonds. The van der Waals surface area contributed by atoms with Crippen LogP contribution in [0.15, 0.2) is 48.9 Å². The van der Waals surface area contributed by atoms with Gasteiger partial charge in [-0.05, 0) is 35.9 Å². The minimum atomic E-state index is -3.24. The molecular formula is C19H23N5O2S. The Bertz CT molecular complexity index is 1020. The van der Waals surface area contributed by atoms with Crippen LogP contribution in [0.4, 0.5) is 11.4 Å². The Labute approximate surface area is 159 Å². The van der Waals surface area contributed by atoms with Crippen molar-refractivity contribution in [1.82, 2.24) is 14.9 Å². The number of sulfonamides is 1. The van der Waals surface area contributed by atoms with Gasteiger partial charge in [-0.15, -0.1) is 0 Å². The minimum absolute atomic E-state index is 0.591. The quantitative estimate of drug-likeness (QED) is 0.704. The molecule has 1 fully saturated rings. The number of aromatic amines is 1. The molecule has 3 heterocycles. The van der Waals surface area contributed by atoms with Crippen molar-refractivity contribution in [2.75, 3.05) is 42.1 Å². The van der Waals surface area contributed by atoms with Gasteiger partial charge in [0.1, 0.15) is 0 Å². The lowest BCUT2D eigenvalue weighted by atomic mass is 10.2. The Morgan fingerprint density at radius 1 is 1.11 bits per heavy atom. The summed E-state index contributed by atoms with van der Waals surface area (Å²) in [7, 11) is -3.24. The monoisotopic (exact) mass is 385 g/mol. The molecule has 0 spiro atoms. The Morgan fingerprint density at radius 3 is 2.56 bits per heavy atom. The maximum Gasteiger partial charge on any atom is 0.229 e. The number of nitrogens with one attached hydrogen (secondary N) is 2. The van der Waals surface area contributed by atoms with E-state index < -0.39 is 10.0 Å². The van der Waals surface area contributed by atoms with Gasteiger partial charge in [0.2, 0.25) is 10.0 Å². The molecule has 0 unspecified atom stereocenters. The van der Waals surface area contributed by atoms with Crippen molar-refractivity contribution >= 4 is 32.3 Å². The first-order chi connectivity index (χ1) is 13.0. The Kier molecular flexibility index (Phi) is 4.75. The van der Waals surface area contributed by atoms with Crippen molar-refractivity contribution in [3.63, 3.8) is 0 Å². The van der Waals surface area contributed by atoms with Crippen LogP contribution in [-0.4, -0.2) is 55.7 Å². The number of piperazine rings is 1. The first-order valence-electron chi connectivity index (χ1n) is 8.93. The fourth-order valence-electron chi connectivity index (χ4n) is 3.52. The van der Waals surface area contributed by atoms with E-state index in [0.717, 1.165) is 50.2 Å². The molecule has 4 rings (SSSR count). The number of H-pyrrole nitrogens is 1. The molecule has 142 valence electrons. The number of pyridine rings is 1. The van der Waals surface area contributed by atoms with Crippen molar-refractivity contribution < 1.29 is 8.42 Å². The summed E-state index contributed by atoms with van der Waals surface area (Å²) < 4.78 is 25.1. The van der Waals surface area contributed by atoms with E-state index in [2.05, 4.69) is 36.8 Å². The lowest BCUT2D eigenvalue weighted by Gasteiger charge is -2.36. The Morgan fingerprint density at radius 2 is 1.85 bits per heavy atom. The summed E-state index contributed by atoms with van der Waals surface area (Å²) in [6, 6.07) is 9.61. The highest BCUT2D eigenvalue weighted by atomic mass is 32.2. The number of aromatic nitrogens is 2. The summed E-state index contributed by atoms with van der Waals surface area (Å²) in [5.74, 6) is 0. The number of anilines is 2. The summed E-state index contributed by atoms with van der Waals surface area (Å²) >= 11 is 0. The fourth-order valence-corrected chi connectivity index (χ4v) is 4.09. The molecule has 27 heavy (non-hydrogen) atoms. The van der Waals surface area contributed by atoms with Crippen molar-refractivity contribution in [3.05, 3.63) is 54.5 Å². The van der Waals surface area contributed by atoms with Gasteiger partial charge in [-0.1, -0.05) is 0 Å². The average molecular weight is 385 g/mol. The summed E-state index contributed by atoms with van der Waals surface area (Å²) in [6.07, 6.45) is 6.93. The summed E-state index contributed by atoms with van der Waals surface area (Å²) in [5, 5.41) is 1.24. The molecule has 1 aromatic carbocycles.